The second-order valence-electron chi connectivity index (χ2n) is 5.46. The van der Waals surface area contributed by atoms with E-state index in [9.17, 15) is 12.8 Å². The fraction of sp³-hybridized carbons (Fsp3) is 0.600. The van der Waals surface area contributed by atoms with Crippen molar-refractivity contribution in [1.29, 1.82) is 0 Å². The van der Waals surface area contributed by atoms with Gasteiger partial charge in [0.2, 0.25) is 10.0 Å². The maximum absolute atomic E-state index is 13.6. The molecule has 1 aliphatic carbocycles. The van der Waals surface area contributed by atoms with Crippen molar-refractivity contribution in [3.63, 3.8) is 0 Å². The van der Waals surface area contributed by atoms with Gasteiger partial charge >= 0.3 is 0 Å². The number of ether oxygens (including phenoxy) is 1. The van der Waals surface area contributed by atoms with Crippen LogP contribution in [0.2, 0.25) is 5.02 Å². The van der Waals surface area contributed by atoms with Gasteiger partial charge in [-0.25, -0.2) is 17.5 Å². The second-order valence-corrected chi connectivity index (χ2v) is 7.63. The molecule has 0 radical (unpaired) electrons. The van der Waals surface area contributed by atoms with Crippen molar-refractivity contribution in [3.8, 4) is 0 Å². The van der Waals surface area contributed by atoms with E-state index in [1.807, 2.05) is 0 Å². The molecule has 124 valence electrons. The zero-order valence-electron chi connectivity index (χ0n) is 12.4. The van der Waals surface area contributed by atoms with E-state index in [0.29, 0.717) is 19.1 Å². The monoisotopic (exact) mass is 349 g/mol. The molecule has 4 nitrogen and oxygen atoms in total. The summed E-state index contributed by atoms with van der Waals surface area (Å²) in [6.07, 6.45) is 6.71. The third-order valence-corrected chi connectivity index (χ3v) is 5.43. The van der Waals surface area contributed by atoms with Crippen LogP contribution < -0.4 is 4.72 Å². The number of hydrogen-bond donors (Lipinski definition) is 1. The Morgan fingerprint density at radius 2 is 2.00 bits per heavy atom. The van der Waals surface area contributed by atoms with Gasteiger partial charge in [-0.05, 0) is 37.5 Å². The molecule has 0 amide bonds. The molecule has 0 spiro atoms. The summed E-state index contributed by atoms with van der Waals surface area (Å²) in [4.78, 5) is -0.384. The molecule has 1 saturated carbocycles. The highest BCUT2D eigenvalue weighted by Crippen LogP contribution is 2.20. The molecule has 0 unspecified atom stereocenters. The van der Waals surface area contributed by atoms with Crippen LogP contribution in [0.15, 0.2) is 23.1 Å². The Balaban J connectivity index is 1.75. The molecule has 2 rings (SSSR count). The topological polar surface area (TPSA) is 55.4 Å². The van der Waals surface area contributed by atoms with Gasteiger partial charge in [0.25, 0.3) is 0 Å². The molecular formula is C15H21ClFNO3S. The van der Waals surface area contributed by atoms with Gasteiger partial charge < -0.3 is 4.74 Å². The van der Waals surface area contributed by atoms with E-state index in [2.05, 4.69) is 4.72 Å². The number of benzene rings is 1. The van der Waals surface area contributed by atoms with Gasteiger partial charge in [-0.3, -0.25) is 0 Å². The Morgan fingerprint density at radius 1 is 1.27 bits per heavy atom. The van der Waals surface area contributed by atoms with Gasteiger partial charge in [-0.15, -0.1) is 0 Å². The smallest absolute Gasteiger partial charge is 0.243 e. The highest BCUT2D eigenvalue weighted by Gasteiger charge is 2.19. The van der Waals surface area contributed by atoms with Crippen molar-refractivity contribution < 1.29 is 17.5 Å². The first-order chi connectivity index (χ1) is 10.5. The molecule has 7 heteroatoms. The summed E-state index contributed by atoms with van der Waals surface area (Å²) in [6.45, 7) is 0.730. The SMILES string of the molecule is O=S(=O)(NCCCOC1CCCCC1)c1ccc(Cl)cc1F. The predicted molar refractivity (Wildman–Crippen MR) is 84.0 cm³/mol. The van der Waals surface area contributed by atoms with Crippen LogP contribution in [-0.2, 0) is 14.8 Å². The number of rotatable bonds is 7. The summed E-state index contributed by atoms with van der Waals surface area (Å²) in [5.41, 5.74) is 0. The first kappa shape index (κ1) is 17.7. The lowest BCUT2D eigenvalue weighted by Gasteiger charge is -2.21. The highest BCUT2D eigenvalue weighted by molar-refractivity contribution is 7.89. The van der Waals surface area contributed by atoms with Gasteiger partial charge in [0, 0.05) is 18.2 Å². The van der Waals surface area contributed by atoms with Crippen LogP contribution in [-0.4, -0.2) is 27.7 Å². The van der Waals surface area contributed by atoms with Gasteiger partial charge in [0.1, 0.15) is 10.7 Å². The number of hydrogen-bond acceptors (Lipinski definition) is 3. The number of nitrogens with one attached hydrogen (secondary N) is 1. The van der Waals surface area contributed by atoms with Crippen LogP contribution in [0.1, 0.15) is 38.5 Å². The Morgan fingerprint density at radius 3 is 2.68 bits per heavy atom. The molecular weight excluding hydrogens is 329 g/mol. The van der Waals surface area contributed by atoms with E-state index in [1.54, 1.807) is 0 Å². The summed E-state index contributed by atoms with van der Waals surface area (Å²) in [7, 11) is -3.85. The fourth-order valence-electron chi connectivity index (χ4n) is 2.53. The molecule has 1 fully saturated rings. The lowest BCUT2D eigenvalue weighted by molar-refractivity contribution is 0.0278. The first-order valence-electron chi connectivity index (χ1n) is 7.55. The maximum Gasteiger partial charge on any atom is 0.243 e. The zero-order chi connectivity index (χ0) is 16.0. The summed E-state index contributed by atoms with van der Waals surface area (Å²) in [6, 6.07) is 3.51. The van der Waals surface area contributed by atoms with Crippen LogP contribution in [0.5, 0.6) is 0 Å². The average Bonchev–Trinajstić information content (AvgIpc) is 2.47. The third kappa shape index (κ3) is 5.19. The maximum atomic E-state index is 13.6. The van der Waals surface area contributed by atoms with Gasteiger partial charge in [-0.1, -0.05) is 30.9 Å². The lowest BCUT2D eigenvalue weighted by Crippen LogP contribution is -2.27. The van der Waals surface area contributed by atoms with Crippen molar-refractivity contribution in [2.45, 2.75) is 49.5 Å². The molecule has 0 aliphatic heterocycles. The lowest BCUT2D eigenvalue weighted by atomic mass is 9.98. The van der Waals surface area contributed by atoms with Crippen molar-refractivity contribution >= 4 is 21.6 Å². The number of halogens is 2. The second kappa shape index (κ2) is 8.24. The molecule has 22 heavy (non-hydrogen) atoms. The molecule has 1 aromatic rings. The summed E-state index contributed by atoms with van der Waals surface area (Å²) in [5.74, 6) is -0.849. The first-order valence-corrected chi connectivity index (χ1v) is 9.41. The van der Waals surface area contributed by atoms with Crippen LogP contribution >= 0.6 is 11.6 Å². The predicted octanol–water partition coefficient (Wildman–Crippen LogP) is 3.50. The minimum atomic E-state index is -3.85. The van der Waals surface area contributed by atoms with Gasteiger partial charge in [0.15, 0.2) is 0 Å². The largest absolute Gasteiger partial charge is 0.378 e. The Labute approximate surface area is 136 Å². The van der Waals surface area contributed by atoms with Crippen LogP contribution in [0.4, 0.5) is 4.39 Å². The Hall–Kier alpha value is -0.690. The van der Waals surface area contributed by atoms with Crippen LogP contribution in [0, 0.1) is 5.82 Å². The molecule has 0 atom stereocenters. The molecule has 1 aromatic carbocycles. The highest BCUT2D eigenvalue weighted by atomic mass is 35.5. The van der Waals surface area contributed by atoms with E-state index in [4.69, 9.17) is 16.3 Å². The van der Waals surface area contributed by atoms with Crippen molar-refractivity contribution in [1.82, 2.24) is 4.72 Å². The Kier molecular flexibility index (Phi) is 6.62. The van der Waals surface area contributed by atoms with Crippen molar-refractivity contribution in [3.05, 3.63) is 29.0 Å². The summed E-state index contributed by atoms with van der Waals surface area (Å²) in [5, 5.41) is 0.164. The standard InChI is InChI=1S/C15H21ClFNO3S/c16-12-7-8-15(14(17)11-12)22(19,20)18-9-4-10-21-13-5-2-1-3-6-13/h7-8,11,13,18H,1-6,9-10H2. The summed E-state index contributed by atoms with van der Waals surface area (Å²) < 4.78 is 45.7. The van der Waals surface area contributed by atoms with E-state index >= 15 is 0 Å². The third-order valence-electron chi connectivity index (χ3n) is 3.70. The van der Waals surface area contributed by atoms with Crippen molar-refractivity contribution in [2.24, 2.45) is 0 Å². The van der Waals surface area contributed by atoms with Gasteiger partial charge in [-0.2, -0.15) is 0 Å². The average molecular weight is 350 g/mol. The minimum absolute atomic E-state index is 0.164. The molecule has 1 N–H and O–H groups in total. The van der Waals surface area contributed by atoms with Crippen molar-refractivity contribution in [2.75, 3.05) is 13.2 Å². The quantitative estimate of drug-likeness (QED) is 0.766. The van der Waals surface area contributed by atoms with Crippen LogP contribution in [0.3, 0.4) is 0 Å². The molecule has 0 heterocycles. The fourth-order valence-corrected chi connectivity index (χ4v) is 3.82. The Bertz CT molecular complexity index is 588. The zero-order valence-corrected chi connectivity index (χ0v) is 13.9. The number of sulfonamides is 1. The van der Waals surface area contributed by atoms with E-state index in [-0.39, 0.29) is 16.5 Å². The summed E-state index contributed by atoms with van der Waals surface area (Å²) >= 11 is 5.61. The normalized spacial score (nSPS) is 16.8. The van der Waals surface area contributed by atoms with E-state index in [0.717, 1.165) is 18.9 Å². The minimum Gasteiger partial charge on any atom is -0.378 e. The molecule has 0 aromatic heterocycles. The van der Waals surface area contributed by atoms with Gasteiger partial charge in [0.05, 0.1) is 6.10 Å². The molecule has 0 bridgehead atoms. The van der Waals surface area contributed by atoms with E-state index < -0.39 is 15.8 Å². The molecule has 0 saturated heterocycles. The van der Waals surface area contributed by atoms with Crippen LogP contribution in [0.25, 0.3) is 0 Å². The molecule has 1 aliphatic rings. The van der Waals surface area contributed by atoms with E-state index in [1.165, 1.54) is 31.4 Å².